The van der Waals surface area contributed by atoms with Crippen molar-refractivity contribution in [2.45, 2.75) is 0 Å². The van der Waals surface area contributed by atoms with Crippen LogP contribution in [-0.2, 0) is 0 Å². The molecule has 23 heavy (non-hydrogen) atoms. The van der Waals surface area contributed by atoms with Crippen molar-refractivity contribution in [3.63, 3.8) is 0 Å². The number of rotatable bonds is 3. The molecular weight excluding hydrogens is 568 g/mol. The normalized spacial score (nSPS) is 10.4. The molecule has 0 aliphatic carbocycles. The molecule has 0 spiro atoms. The minimum absolute atomic E-state index is 0.0327. The second-order valence-corrected chi connectivity index (χ2v) is 7.67. The Morgan fingerprint density at radius 3 is 1.70 bits per heavy atom. The number of ether oxygens (including phenoxy) is 1. The van der Waals surface area contributed by atoms with Crippen LogP contribution in [0.3, 0.4) is 0 Å². The fourth-order valence-corrected chi connectivity index (χ4v) is 4.15. The van der Waals surface area contributed by atoms with Crippen LogP contribution < -0.4 is 4.74 Å². The summed E-state index contributed by atoms with van der Waals surface area (Å²) in [5.74, 6) is -1.65. The molecule has 0 bridgehead atoms. The van der Waals surface area contributed by atoms with Gasteiger partial charge in [0.1, 0.15) is 5.75 Å². The van der Waals surface area contributed by atoms with E-state index in [1.807, 2.05) is 0 Å². The maximum atomic E-state index is 12.2. The number of carbonyl (C=O) groups is 2. The summed E-state index contributed by atoms with van der Waals surface area (Å²) in [5, 5.41) is 18.6. The summed E-state index contributed by atoms with van der Waals surface area (Å²) >= 11 is 12.6. The summed E-state index contributed by atoms with van der Waals surface area (Å²) in [7, 11) is 0. The highest BCUT2D eigenvalue weighted by molar-refractivity contribution is 9.11. The van der Waals surface area contributed by atoms with E-state index in [-0.39, 0.29) is 22.6 Å². The number of phenols is 1. The number of carbonyl (C=O) groups excluding carboxylic acids is 1. The molecule has 0 fully saturated rings. The third kappa shape index (κ3) is 4.14. The van der Waals surface area contributed by atoms with Gasteiger partial charge in [-0.1, -0.05) is 0 Å². The van der Waals surface area contributed by atoms with Crippen LogP contribution in [0.25, 0.3) is 0 Å². The zero-order valence-corrected chi connectivity index (χ0v) is 17.3. The molecule has 2 N–H and O–H groups in total. The lowest BCUT2D eigenvalue weighted by molar-refractivity contribution is 0.0696. The van der Waals surface area contributed by atoms with Gasteiger partial charge in [-0.15, -0.1) is 0 Å². The fourth-order valence-electron chi connectivity index (χ4n) is 1.62. The highest BCUT2D eigenvalue weighted by Crippen LogP contribution is 2.37. The number of aromatic hydroxyl groups is 1. The summed E-state index contributed by atoms with van der Waals surface area (Å²) in [5.41, 5.74) is 0.237. The van der Waals surface area contributed by atoms with Crippen molar-refractivity contribution in [2.75, 3.05) is 0 Å². The molecule has 2 aromatic rings. The van der Waals surface area contributed by atoms with Crippen LogP contribution in [0, 0.1) is 0 Å². The van der Waals surface area contributed by atoms with Crippen molar-refractivity contribution in [1.29, 1.82) is 0 Å². The Labute approximate surface area is 164 Å². The van der Waals surface area contributed by atoms with Gasteiger partial charge in [-0.05, 0) is 88.0 Å². The average molecular weight is 574 g/mol. The average Bonchev–Trinajstić information content (AvgIpc) is 2.47. The van der Waals surface area contributed by atoms with Gasteiger partial charge < -0.3 is 14.9 Å². The third-order valence-electron chi connectivity index (χ3n) is 2.69. The molecule has 0 saturated heterocycles. The first-order chi connectivity index (χ1) is 10.7. The molecule has 0 aliphatic rings. The van der Waals surface area contributed by atoms with Crippen LogP contribution in [0.4, 0.5) is 0 Å². The van der Waals surface area contributed by atoms with Crippen LogP contribution >= 0.6 is 63.7 Å². The largest absolute Gasteiger partial charge is 0.506 e. The first-order valence-electron chi connectivity index (χ1n) is 5.83. The SMILES string of the molecule is O=C(O)c1cc(Br)c(OC(=O)c2cc(Br)c(O)c(Br)c2)c(Br)c1. The Morgan fingerprint density at radius 1 is 0.826 bits per heavy atom. The van der Waals surface area contributed by atoms with Crippen LogP contribution in [-0.4, -0.2) is 22.2 Å². The molecule has 0 aromatic heterocycles. The monoisotopic (exact) mass is 570 g/mol. The first kappa shape index (κ1) is 18.4. The van der Waals surface area contributed by atoms with Gasteiger partial charge in [0, 0.05) is 0 Å². The van der Waals surface area contributed by atoms with Gasteiger partial charge in [-0.3, -0.25) is 0 Å². The van der Waals surface area contributed by atoms with E-state index in [0.29, 0.717) is 17.9 Å². The second-order valence-electron chi connectivity index (χ2n) is 4.25. The van der Waals surface area contributed by atoms with Crippen molar-refractivity contribution in [1.82, 2.24) is 0 Å². The third-order valence-corrected chi connectivity index (χ3v) is 5.08. The predicted molar refractivity (Wildman–Crippen MR) is 97.3 cm³/mol. The summed E-state index contributed by atoms with van der Waals surface area (Å²) in [6.07, 6.45) is 0. The molecule has 0 heterocycles. The van der Waals surface area contributed by atoms with Gasteiger partial charge in [-0.25, -0.2) is 9.59 Å². The minimum Gasteiger partial charge on any atom is -0.506 e. The molecular formula is C14H6Br4O5. The molecule has 9 heteroatoms. The van der Waals surface area contributed by atoms with Gasteiger partial charge >= 0.3 is 11.9 Å². The number of carboxylic acid groups (broad SMARTS) is 1. The number of carboxylic acids is 1. The number of benzene rings is 2. The Bertz CT molecular complexity index is 773. The van der Waals surface area contributed by atoms with Crippen LogP contribution in [0.2, 0.25) is 0 Å². The minimum atomic E-state index is -1.10. The van der Waals surface area contributed by atoms with Crippen molar-refractivity contribution >= 4 is 75.7 Å². The zero-order valence-electron chi connectivity index (χ0n) is 10.9. The molecule has 0 atom stereocenters. The van der Waals surface area contributed by atoms with Crippen LogP contribution in [0.5, 0.6) is 11.5 Å². The fraction of sp³-hybridized carbons (Fsp3) is 0. The summed E-state index contributed by atoms with van der Waals surface area (Å²) in [4.78, 5) is 23.2. The molecule has 0 aliphatic heterocycles. The zero-order chi connectivity index (χ0) is 17.3. The molecule has 0 saturated carbocycles. The lowest BCUT2D eigenvalue weighted by Gasteiger charge is -2.11. The van der Waals surface area contributed by atoms with Gasteiger partial charge in [0.25, 0.3) is 0 Å². The molecule has 0 amide bonds. The lowest BCUT2D eigenvalue weighted by atomic mass is 10.2. The number of hydrogen-bond acceptors (Lipinski definition) is 4. The Balaban J connectivity index is 2.36. The quantitative estimate of drug-likeness (QED) is 0.382. The van der Waals surface area contributed by atoms with Gasteiger partial charge in [0.2, 0.25) is 0 Å². The maximum absolute atomic E-state index is 12.2. The lowest BCUT2D eigenvalue weighted by Crippen LogP contribution is -2.10. The first-order valence-corrected chi connectivity index (χ1v) is 9.00. The summed E-state index contributed by atoms with van der Waals surface area (Å²) < 4.78 is 6.59. The second kappa shape index (κ2) is 7.33. The standard InChI is InChI=1S/C14H6Br4O5/c15-7-3-6(4-8(16)11(7)19)14(22)23-12-9(17)1-5(13(20)21)2-10(12)18/h1-4,19H,(H,20,21). The number of aromatic carboxylic acids is 1. The van der Waals surface area contributed by atoms with Gasteiger partial charge in [0.05, 0.1) is 29.0 Å². The van der Waals surface area contributed by atoms with E-state index in [1.54, 1.807) is 0 Å². The van der Waals surface area contributed by atoms with Crippen LogP contribution in [0.15, 0.2) is 42.2 Å². The molecule has 5 nitrogen and oxygen atoms in total. The molecule has 120 valence electrons. The molecule has 2 aromatic carbocycles. The molecule has 2 rings (SSSR count). The van der Waals surface area contributed by atoms with Crippen molar-refractivity contribution in [3.05, 3.63) is 53.3 Å². The Kier molecular flexibility index (Phi) is 5.88. The van der Waals surface area contributed by atoms with E-state index in [9.17, 15) is 14.7 Å². The van der Waals surface area contributed by atoms with Crippen molar-refractivity contribution < 1.29 is 24.5 Å². The van der Waals surface area contributed by atoms with E-state index in [4.69, 9.17) is 9.84 Å². The number of phenolic OH excluding ortho intramolecular Hbond substituents is 1. The van der Waals surface area contributed by atoms with E-state index in [2.05, 4.69) is 63.7 Å². The Morgan fingerprint density at radius 2 is 1.26 bits per heavy atom. The highest BCUT2D eigenvalue weighted by Gasteiger charge is 2.18. The topological polar surface area (TPSA) is 83.8 Å². The summed E-state index contributed by atoms with van der Waals surface area (Å²) in [6, 6.07) is 5.49. The summed E-state index contributed by atoms with van der Waals surface area (Å²) in [6.45, 7) is 0. The smallest absolute Gasteiger partial charge is 0.343 e. The van der Waals surface area contributed by atoms with E-state index in [0.717, 1.165) is 0 Å². The van der Waals surface area contributed by atoms with E-state index >= 15 is 0 Å². The number of hydrogen-bond donors (Lipinski definition) is 2. The van der Waals surface area contributed by atoms with Crippen molar-refractivity contribution in [3.8, 4) is 11.5 Å². The van der Waals surface area contributed by atoms with E-state index < -0.39 is 11.9 Å². The highest BCUT2D eigenvalue weighted by atomic mass is 79.9. The molecule has 0 unspecified atom stereocenters. The predicted octanol–water partition coefficient (Wildman–Crippen LogP) is 5.36. The van der Waals surface area contributed by atoms with Crippen molar-refractivity contribution in [2.24, 2.45) is 0 Å². The number of esters is 1. The maximum Gasteiger partial charge on any atom is 0.343 e. The van der Waals surface area contributed by atoms with Crippen LogP contribution in [0.1, 0.15) is 20.7 Å². The molecule has 0 radical (unpaired) electrons. The van der Waals surface area contributed by atoms with Gasteiger partial charge in [0.15, 0.2) is 5.75 Å². The Hall–Kier alpha value is -0.900. The van der Waals surface area contributed by atoms with E-state index in [1.165, 1.54) is 24.3 Å². The number of halogens is 4. The van der Waals surface area contributed by atoms with Gasteiger partial charge in [-0.2, -0.15) is 0 Å².